The molecule has 0 aromatic rings. The van der Waals surface area contributed by atoms with Gasteiger partial charge in [0.2, 0.25) is 0 Å². The molecule has 0 fully saturated rings. The number of nitrogens with zero attached hydrogens (tertiary/aromatic N) is 1. The Bertz CT molecular complexity index is 209. The molecule has 0 radical (unpaired) electrons. The summed E-state index contributed by atoms with van der Waals surface area (Å²) in [7, 11) is 0.513. The number of carboxylic acids is 1. The Hall–Kier alpha value is -0.393. The lowest BCUT2D eigenvalue weighted by molar-refractivity contribution is -0.137. The Morgan fingerprint density at radius 2 is 2.00 bits per heavy atom. The van der Waals surface area contributed by atoms with Gasteiger partial charge in [-0.05, 0) is 46.1 Å². The van der Waals surface area contributed by atoms with Crippen LogP contribution in [0.5, 0.6) is 0 Å². The summed E-state index contributed by atoms with van der Waals surface area (Å²) in [5, 5.41) is 8.55. The largest absolute Gasteiger partial charge is 0.481 e. The van der Waals surface area contributed by atoms with Crippen LogP contribution in [0, 0.1) is 0 Å². The van der Waals surface area contributed by atoms with Gasteiger partial charge in [0.25, 0.3) is 0 Å². The second-order valence-electron chi connectivity index (χ2n) is 4.74. The van der Waals surface area contributed by atoms with E-state index in [0.29, 0.717) is 6.54 Å². The van der Waals surface area contributed by atoms with Gasteiger partial charge in [-0.2, -0.15) is 0 Å². The molecule has 0 atom stereocenters. The molecular weight excluding hydrogens is 222 g/mol. The van der Waals surface area contributed by atoms with Crippen molar-refractivity contribution in [1.29, 1.82) is 0 Å². The maximum absolute atomic E-state index is 10.4. The monoisotopic (exact) mass is 247 g/mol. The van der Waals surface area contributed by atoms with E-state index in [2.05, 4.69) is 18.0 Å². The molecule has 4 nitrogen and oxygen atoms in total. The lowest BCUT2D eigenvalue weighted by Gasteiger charge is -2.23. The first kappa shape index (κ1) is 15.6. The molecule has 0 aromatic carbocycles. The highest BCUT2D eigenvalue weighted by Gasteiger charge is 2.20. The fourth-order valence-corrected chi connectivity index (χ4v) is 3.57. The third kappa shape index (κ3) is 8.88. The third-order valence-electron chi connectivity index (χ3n) is 2.56. The van der Waals surface area contributed by atoms with Crippen molar-refractivity contribution in [1.82, 2.24) is 4.90 Å². The zero-order valence-corrected chi connectivity index (χ0v) is 12.0. The molecule has 0 spiro atoms. The van der Waals surface area contributed by atoms with Crippen molar-refractivity contribution >= 4 is 14.3 Å². The van der Waals surface area contributed by atoms with Crippen LogP contribution >= 0.6 is 0 Å². The summed E-state index contributed by atoms with van der Waals surface area (Å²) in [5.74, 6) is -0.726. The molecule has 0 saturated heterocycles. The number of rotatable bonds is 9. The molecule has 0 aliphatic carbocycles. The number of aliphatic carboxylic acids is 1. The van der Waals surface area contributed by atoms with Crippen LogP contribution in [0.15, 0.2) is 0 Å². The maximum Gasteiger partial charge on any atom is 0.304 e. The van der Waals surface area contributed by atoms with E-state index in [1.54, 1.807) is 0 Å². The van der Waals surface area contributed by atoms with Crippen LogP contribution in [0.4, 0.5) is 0 Å². The van der Waals surface area contributed by atoms with Crippen LogP contribution < -0.4 is 0 Å². The number of carbonyl (C=O) groups is 1. The molecule has 0 heterocycles. The zero-order chi connectivity index (χ0) is 12.6. The second kappa shape index (κ2) is 7.81. The molecule has 0 rings (SSSR count). The van der Waals surface area contributed by atoms with E-state index in [0.717, 1.165) is 25.6 Å². The second-order valence-corrected chi connectivity index (χ2v) is 9.05. The Balaban J connectivity index is 3.60. The van der Waals surface area contributed by atoms with Crippen LogP contribution in [-0.2, 0) is 9.22 Å². The molecule has 96 valence electrons. The summed E-state index contributed by atoms with van der Waals surface area (Å²) < 4.78 is 5.74. The smallest absolute Gasteiger partial charge is 0.304 e. The first-order valence-electron chi connectivity index (χ1n) is 5.91. The van der Waals surface area contributed by atoms with Gasteiger partial charge < -0.3 is 14.4 Å². The van der Waals surface area contributed by atoms with Crippen molar-refractivity contribution in [3.8, 4) is 0 Å². The summed E-state index contributed by atoms with van der Waals surface area (Å²) in [6.07, 6.45) is 1.32. The predicted octanol–water partition coefficient (Wildman–Crippen LogP) is 2.02. The highest BCUT2D eigenvalue weighted by Crippen LogP contribution is 2.13. The lowest BCUT2D eigenvalue weighted by atomic mass is 10.3. The van der Waals surface area contributed by atoms with Gasteiger partial charge >= 0.3 is 5.97 Å². The molecule has 0 aliphatic heterocycles. The summed E-state index contributed by atoms with van der Waals surface area (Å²) in [6, 6.07) is 1.14. The minimum Gasteiger partial charge on any atom is -0.481 e. The number of carboxylic acid groups (broad SMARTS) is 1. The molecule has 0 aromatic heterocycles. The van der Waals surface area contributed by atoms with Crippen molar-refractivity contribution in [2.24, 2.45) is 0 Å². The average molecular weight is 247 g/mol. The van der Waals surface area contributed by atoms with Gasteiger partial charge in [0.05, 0.1) is 6.42 Å². The van der Waals surface area contributed by atoms with E-state index >= 15 is 0 Å². The van der Waals surface area contributed by atoms with E-state index in [1.165, 1.54) is 0 Å². The van der Waals surface area contributed by atoms with Crippen LogP contribution in [-0.4, -0.2) is 51.0 Å². The molecule has 5 heteroatoms. The molecule has 0 bridgehead atoms. The minimum absolute atomic E-state index is 0.225. The van der Waals surface area contributed by atoms with Crippen LogP contribution in [0.2, 0.25) is 19.1 Å². The number of hydrogen-bond donors (Lipinski definition) is 1. The average Bonchev–Trinajstić information content (AvgIpc) is 2.14. The van der Waals surface area contributed by atoms with Gasteiger partial charge in [0.1, 0.15) is 0 Å². The summed E-state index contributed by atoms with van der Waals surface area (Å²) in [4.78, 5) is 12.5. The predicted molar refractivity (Wildman–Crippen MR) is 68.3 cm³/mol. The lowest BCUT2D eigenvalue weighted by Crippen LogP contribution is -2.32. The first-order chi connectivity index (χ1) is 7.37. The normalized spacial score (nSPS) is 12.1. The quantitative estimate of drug-likeness (QED) is 0.633. The molecule has 16 heavy (non-hydrogen) atoms. The fraction of sp³-hybridized carbons (Fsp3) is 0.909. The van der Waals surface area contributed by atoms with Crippen molar-refractivity contribution in [3.63, 3.8) is 0 Å². The Morgan fingerprint density at radius 3 is 2.50 bits per heavy atom. The van der Waals surface area contributed by atoms with E-state index in [4.69, 9.17) is 9.53 Å². The molecule has 0 aliphatic rings. The SMILES string of the molecule is CCO[Si](C)(C)CCCN(C)CCC(=O)O. The fourth-order valence-electron chi connectivity index (χ4n) is 1.64. The van der Waals surface area contributed by atoms with Gasteiger partial charge in [0, 0.05) is 13.2 Å². The van der Waals surface area contributed by atoms with Crippen LogP contribution in [0.25, 0.3) is 0 Å². The van der Waals surface area contributed by atoms with Gasteiger partial charge in [0.15, 0.2) is 8.32 Å². The van der Waals surface area contributed by atoms with Gasteiger partial charge in [-0.25, -0.2) is 0 Å². The Labute approximate surface area is 99.7 Å². The van der Waals surface area contributed by atoms with Crippen molar-refractivity contribution in [2.75, 3.05) is 26.7 Å². The van der Waals surface area contributed by atoms with E-state index in [1.807, 2.05) is 14.0 Å². The van der Waals surface area contributed by atoms with Crippen molar-refractivity contribution in [2.45, 2.75) is 38.9 Å². The topological polar surface area (TPSA) is 49.8 Å². The molecule has 0 unspecified atom stereocenters. The maximum atomic E-state index is 10.4. The van der Waals surface area contributed by atoms with E-state index in [-0.39, 0.29) is 6.42 Å². The molecule has 1 N–H and O–H groups in total. The van der Waals surface area contributed by atoms with Crippen molar-refractivity contribution in [3.05, 3.63) is 0 Å². The number of hydrogen-bond acceptors (Lipinski definition) is 3. The summed E-state index contributed by atoms with van der Waals surface area (Å²) in [6.45, 7) is 8.88. The van der Waals surface area contributed by atoms with E-state index < -0.39 is 14.3 Å². The van der Waals surface area contributed by atoms with Gasteiger partial charge in [-0.1, -0.05) is 0 Å². The molecule has 0 amide bonds. The van der Waals surface area contributed by atoms with Gasteiger partial charge in [-0.3, -0.25) is 4.79 Å². The summed E-state index contributed by atoms with van der Waals surface area (Å²) in [5.41, 5.74) is 0. The highest BCUT2D eigenvalue weighted by atomic mass is 28.4. The molecule has 0 saturated carbocycles. The summed E-state index contributed by atoms with van der Waals surface area (Å²) >= 11 is 0. The standard InChI is InChI=1S/C11H25NO3Si/c1-5-15-16(3,4)10-6-8-12(2)9-7-11(13)14/h5-10H2,1-4H3,(H,13,14). The van der Waals surface area contributed by atoms with Crippen LogP contribution in [0.3, 0.4) is 0 Å². The Morgan fingerprint density at radius 1 is 1.38 bits per heavy atom. The van der Waals surface area contributed by atoms with Crippen LogP contribution in [0.1, 0.15) is 19.8 Å². The van der Waals surface area contributed by atoms with Gasteiger partial charge in [-0.15, -0.1) is 0 Å². The zero-order valence-electron chi connectivity index (χ0n) is 11.0. The Kier molecular flexibility index (Phi) is 7.62. The first-order valence-corrected chi connectivity index (χ1v) is 9.03. The third-order valence-corrected chi connectivity index (χ3v) is 5.19. The highest BCUT2D eigenvalue weighted by molar-refractivity contribution is 6.71. The molecular formula is C11H25NO3Si. The van der Waals surface area contributed by atoms with E-state index in [9.17, 15) is 4.79 Å². The minimum atomic E-state index is -1.46. The van der Waals surface area contributed by atoms with Crippen molar-refractivity contribution < 1.29 is 14.3 Å².